The summed E-state index contributed by atoms with van der Waals surface area (Å²) in [7, 11) is 2.79. The van der Waals surface area contributed by atoms with Crippen molar-refractivity contribution < 1.29 is 23.8 Å². The maximum Gasteiger partial charge on any atom is 0.341 e. The van der Waals surface area contributed by atoms with E-state index in [-0.39, 0.29) is 29.9 Å². The van der Waals surface area contributed by atoms with E-state index in [9.17, 15) is 9.59 Å². The van der Waals surface area contributed by atoms with Crippen LogP contribution in [-0.2, 0) is 9.53 Å². The van der Waals surface area contributed by atoms with Crippen LogP contribution in [0, 0.1) is 0 Å². The minimum atomic E-state index is -0.532. The normalized spacial score (nSPS) is 11.4. The third-order valence-electron chi connectivity index (χ3n) is 2.97. The highest BCUT2D eigenvalue weighted by atomic mass is 16.5. The highest BCUT2D eigenvalue weighted by molar-refractivity contribution is 5.92. The Hall–Kier alpha value is -2.24. The first-order valence-corrected chi connectivity index (χ1v) is 6.70. The van der Waals surface area contributed by atoms with Crippen LogP contribution in [-0.4, -0.2) is 38.7 Å². The molecule has 1 rings (SSSR count). The largest absolute Gasteiger partial charge is 0.497 e. The SMILES string of the molecule is CC[C@H](C)NC(=O)COc1cc(OC)ccc1C(=O)OC. The van der Waals surface area contributed by atoms with Gasteiger partial charge in [0.2, 0.25) is 0 Å². The second-order valence-corrected chi connectivity index (χ2v) is 4.52. The highest BCUT2D eigenvalue weighted by Gasteiger charge is 2.15. The fourth-order valence-electron chi connectivity index (χ4n) is 1.59. The zero-order valence-corrected chi connectivity index (χ0v) is 12.8. The molecule has 0 aliphatic carbocycles. The zero-order valence-electron chi connectivity index (χ0n) is 12.8. The Bertz CT molecular complexity index is 501. The van der Waals surface area contributed by atoms with E-state index < -0.39 is 5.97 Å². The van der Waals surface area contributed by atoms with E-state index in [1.54, 1.807) is 12.1 Å². The van der Waals surface area contributed by atoms with Crippen molar-refractivity contribution in [1.29, 1.82) is 0 Å². The number of esters is 1. The lowest BCUT2D eigenvalue weighted by atomic mass is 10.2. The molecule has 6 heteroatoms. The summed E-state index contributed by atoms with van der Waals surface area (Å²) in [5.41, 5.74) is 0.245. The highest BCUT2D eigenvalue weighted by Crippen LogP contribution is 2.25. The van der Waals surface area contributed by atoms with E-state index in [1.165, 1.54) is 20.3 Å². The van der Waals surface area contributed by atoms with E-state index >= 15 is 0 Å². The molecule has 0 radical (unpaired) electrons. The molecular formula is C15H21NO5. The van der Waals surface area contributed by atoms with Crippen molar-refractivity contribution in [2.24, 2.45) is 0 Å². The molecule has 0 saturated carbocycles. The molecule has 1 amide bonds. The van der Waals surface area contributed by atoms with Crippen LogP contribution in [0.5, 0.6) is 11.5 Å². The molecule has 1 N–H and O–H groups in total. The Kier molecular flexibility index (Phi) is 6.52. The first-order valence-electron chi connectivity index (χ1n) is 6.70. The summed E-state index contributed by atoms with van der Waals surface area (Å²) in [6.45, 7) is 3.70. The maximum absolute atomic E-state index is 11.7. The van der Waals surface area contributed by atoms with Crippen molar-refractivity contribution in [3.8, 4) is 11.5 Å². The number of rotatable bonds is 7. The molecule has 0 aliphatic heterocycles. The van der Waals surface area contributed by atoms with Crippen LogP contribution in [0.4, 0.5) is 0 Å². The van der Waals surface area contributed by atoms with E-state index in [0.717, 1.165) is 6.42 Å². The van der Waals surface area contributed by atoms with Gasteiger partial charge in [-0.2, -0.15) is 0 Å². The van der Waals surface area contributed by atoms with Crippen molar-refractivity contribution in [1.82, 2.24) is 5.32 Å². The van der Waals surface area contributed by atoms with Crippen LogP contribution in [0.15, 0.2) is 18.2 Å². The fraction of sp³-hybridized carbons (Fsp3) is 0.467. The van der Waals surface area contributed by atoms with E-state index in [4.69, 9.17) is 9.47 Å². The lowest BCUT2D eigenvalue weighted by molar-refractivity contribution is -0.123. The van der Waals surface area contributed by atoms with Crippen LogP contribution in [0.2, 0.25) is 0 Å². The van der Waals surface area contributed by atoms with Crippen molar-refractivity contribution in [3.05, 3.63) is 23.8 Å². The number of hydrogen-bond donors (Lipinski definition) is 1. The zero-order chi connectivity index (χ0) is 15.8. The Balaban J connectivity index is 2.80. The van der Waals surface area contributed by atoms with Gasteiger partial charge < -0.3 is 19.5 Å². The van der Waals surface area contributed by atoms with Crippen LogP contribution in [0.3, 0.4) is 0 Å². The molecule has 0 spiro atoms. The van der Waals surface area contributed by atoms with Gasteiger partial charge in [-0.3, -0.25) is 4.79 Å². The minimum Gasteiger partial charge on any atom is -0.497 e. The number of benzene rings is 1. The smallest absolute Gasteiger partial charge is 0.341 e. The van der Waals surface area contributed by atoms with Gasteiger partial charge >= 0.3 is 5.97 Å². The number of amides is 1. The lowest BCUT2D eigenvalue weighted by Gasteiger charge is -2.14. The first-order chi connectivity index (χ1) is 10.0. The molecule has 1 aromatic carbocycles. The van der Waals surface area contributed by atoms with E-state index in [2.05, 4.69) is 10.1 Å². The molecule has 0 heterocycles. The third kappa shape index (κ3) is 4.98. The number of ether oxygens (including phenoxy) is 3. The summed E-state index contributed by atoms with van der Waals surface area (Å²) in [5, 5.41) is 2.78. The standard InChI is InChI=1S/C15H21NO5/c1-5-10(2)16-14(17)9-21-13-8-11(19-3)6-7-12(13)15(18)20-4/h6-8,10H,5,9H2,1-4H3,(H,16,17)/t10-/m0/s1. The molecular weight excluding hydrogens is 274 g/mol. The predicted octanol–water partition coefficient (Wildman–Crippen LogP) is 1.78. The van der Waals surface area contributed by atoms with Gasteiger partial charge in [-0.25, -0.2) is 4.79 Å². The molecule has 0 aliphatic rings. The van der Waals surface area contributed by atoms with Crippen molar-refractivity contribution >= 4 is 11.9 Å². The number of carbonyl (C=O) groups excluding carboxylic acids is 2. The summed E-state index contributed by atoms with van der Waals surface area (Å²) in [4.78, 5) is 23.4. The quantitative estimate of drug-likeness (QED) is 0.776. The molecule has 6 nitrogen and oxygen atoms in total. The number of hydrogen-bond acceptors (Lipinski definition) is 5. The van der Waals surface area contributed by atoms with Crippen LogP contribution < -0.4 is 14.8 Å². The molecule has 1 atom stereocenters. The van der Waals surface area contributed by atoms with E-state index in [1.807, 2.05) is 13.8 Å². The number of nitrogens with one attached hydrogen (secondary N) is 1. The topological polar surface area (TPSA) is 73.9 Å². The van der Waals surface area contributed by atoms with E-state index in [0.29, 0.717) is 5.75 Å². The molecule has 0 aromatic heterocycles. The van der Waals surface area contributed by atoms with Gasteiger partial charge in [0, 0.05) is 12.1 Å². The molecule has 0 fully saturated rings. The van der Waals surface area contributed by atoms with Gasteiger partial charge in [0.15, 0.2) is 6.61 Å². The first kappa shape index (κ1) is 16.8. The second kappa shape index (κ2) is 8.14. The summed E-state index contributed by atoms with van der Waals surface area (Å²) in [5.74, 6) is -0.00142. The lowest BCUT2D eigenvalue weighted by Crippen LogP contribution is -2.35. The second-order valence-electron chi connectivity index (χ2n) is 4.52. The van der Waals surface area contributed by atoms with Gasteiger partial charge in [-0.15, -0.1) is 0 Å². The van der Waals surface area contributed by atoms with Crippen molar-refractivity contribution in [2.75, 3.05) is 20.8 Å². The number of methoxy groups -OCH3 is 2. The summed E-state index contributed by atoms with van der Waals surface area (Å²) in [6, 6.07) is 4.78. The Morgan fingerprint density at radius 3 is 2.57 bits per heavy atom. The van der Waals surface area contributed by atoms with Gasteiger partial charge in [-0.1, -0.05) is 6.92 Å². The summed E-state index contributed by atoms with van der Waals surface area (Å²) < 4.78 is 15.2. The maximum atomic E-state index is 11.7. The predicted molar refractivity (Wildman–Crippen MR) is 77.7 cm³/mol. The van der Waals surface area contributed by atoms with Gasteiger partial charge in [0.25, 0.3) is 5.91 Å². The minimum absolute atomic E-state index is 0.0755. The van der Waals surface area contributed by atoms with Gasteiger partial charge in [-0.05, 0) is 25.5 Å². The summed E-state index contributed by atoms with van der Waals surface area (Å²) >= 11 is 0. The van der Waals surface area contributed by atoms with Crippen LogP contribution in [0.25, 0.3) is 0 Å². The molecule has 1 aromatic rings. The van der Waals surface area contributed by atoms with Crippen molar-refractivity contribution in [3.63, 3.8) is 0 Å². The molecule has 0 bridgehead atoms. The third-order valence-corrected chi connectivity index (χ3v) is 2.97. The Morgan fingerprint density at radius 2 is 2.00 bits per heavy atom. The Morgan fingerprint density at radius 1 is 1.29 bits per heavy atom. The average molecular weight is 295 g/mol. The number of carbonyl (C=O) groups is 2. The van der Waals surface area contributed by atoms with Gasteiger partial charge in [0.05, 0.1) is 14.2 Å². The molecule has 21 heavy (non-hydrogen) atoms. The van der Waals surface area contributed by atoms with Crippen LogP contribution in [0.1, 0.15) is 30.6 Å². The Labute approximate surface area is 124 Å². The van der Waals surface area contributed by atoms with Gasteiger partial charge in [0.1, 0.15) is 17.1 Å². The monoisotopic (exact) mass is 295 g/mol. The molecule has 0 unspecified atom stereocenters. The molecule has 0 saturated heterocycles. The van der Waals surface area contributed by atoms with Crippen molar-refractivity contribution in [2.45, 2.75) is 26.3 Å². The van der Waals surface area contributed by atoms with Crippen LogP contribution >= 0.6 is 0 Å². The average Bonchev–Trinajstić information content (AvgIpc) is 2.51. The molecule has 116 valence electrons. The summed E-state index contributed by atoms with van der Waals surface area (Å²) in [6.07, 6.45) is 0.832. The fourth-order valence-corrected chi connectivity index (χ4v) is 1.59.